The van der Waals surface area contributed by atoms with E-state index in [9.17, 15) is 0 Å². The molecule has 0 aliphatic heterocycles. The summed E-state index contributed by atoms with van der Waals surface area (Å²) in [6.07, 6.45) is 0. The van der Waals surface area contributed by atoms with Gasteiger partial charge in [-0.3, -0.25) is 0 Å². The highest BCUT2D eigenvalue weighted by Crippen LogP contribution is 2.67. The largest absolute Gasteiger partial charge is 0.310 e. The third-order valence-corrected chi connectivity index (χ3v) is 15.2. The van der Waals surface area contributed by atoms with E-state index in [0.717, 1.165) is 22.7 Å². The van der Waals surface area contributed by atoms with Crippen LogP contribution in [0.25, 0.3) is 81.0 Å². The van der Waals surface area contributed by atoms with Crippen LogP contribution in [0.3, 0.4) is 0 Å². The molecule has 2 aliphatic carbocycles. The van der Waals surface area contributed by atoms with Gasteiger partial charge in [0.1, 0.15) is 0 Å². The molecule has 0 bridgehead atoms. The first-order valence-corrected chi connectivity index (χ1v) is 22.9. The molecule has 2 nitrogen and oxygen atoms in total. The van der Waals surface area contributed by atoms with E-state index in [-0.39, 0.29) is 0 Å². The molecular formula is C61H38N2S. The zero-order valence-corrected chi connectivity index (χ0v) is 35.6. The van der Waals surface area contributed by atoms with Gasteiger partial charge < -0.3 is 9.47 Å². The van der Waals surface area contributed by atoms with Crippen LogP contribution >= 0.6 is 11.3 Å². The molecule has 0 saturated carbocycles. The smallest absolute Gasteiger partial charge is 0.0741 e. The Morgan fingerprint density at radius 1 is 0.391 bits per heavy atom. The molecule has 2 heterocycles. The molecule has 12 aromatic rings. The molecule has 0 fully saturated rings. The number of anilines is 3. The third kappa shape index (κ3) is 4.85. The summed E-state index contributed by atoms with van der Waals surface area (Å²) >= 11 is 1.93. The van der Waals surface area contributed by atoms with E-state index < -0.39 is 5.41 Å². The van der Waals surface area contributed by atoms with Crippen LogP contribution in [0.4, 0.5) is 17.1 Å². The number of rotatable bonds is 5. The van der Waals surface area contributed by atoms with Gasteiger partial charge in [-0.15, -0.1) is 11.3 Å². The number of hydrogen-bond donors (Lipinski definition) is 0. The lowest BCUT2D eigenvalue weighted by Gasteiger charge is -2.33. The van der Waals surface area contributed by atoms with Gasteiger partial charge in [0.05, 0.1) is 22.1 Å². The van der Waals surface area contributed by atoms with Gasteiger partial charge in [0.15, 0.2) is 0 Å². The monoisotopic (exact) mass is 830 g/mol. The van der Waals surface area contributed by atoms with Crippen LogP contribution in [0.1, 0.15) is 22.3 Å². The van der Waals surface area contributed by atoms with Crippen molar-refractivity contribution in [1.29, 1.82) is 0 Å². The van der Waals surface area contributed by atoms with E-state index in [4.69, 9.17) is 0 Å². The average molecular weight is 831 g/mol. The molecule has 298 valence electrons. The normalized spacial score (nSPS) is 14.6. The topological polar surface area (TPSA) is 8.17 Å². The SMILES string of the molecule is c1ccc(N(c2ccc3c(c2)C2(c4ccccc4-c4ccc(-c5ccc(-n6c7ccccc7c7ccccc76)cc5)cc42)c2c-3sc3ccccc23)c2cccc3ccccc23)cc1. The lowest BCUT2D eigenvalue weighted by atomic mass is 9.69. The predicted molar refractivity (Wildman–Crippen MR) is 270 cm³/mol. The molecule has 0 radical (unpaired) electrons. The third-order valence-electron chi connectivity index (χ3n) is 14.0. The highest BCUT2D eigenvalue weighted by atomic mass is 32.1. The Morgan fingerprint density at radius 2 is 1.00 bits per heavy atom. The molecular weight excluding hydrogens is 793 g/mol. The summed E-state index contributed by atoms with van der Waals surface area (Å²) in [6, 6.07) is 85.7. The van der Waals surface area contributed by atoms with E-state index in [1.165, 1.54) is 97.6 Å². The fourth-order valence-corrected chi connectivity index (χ4v) is 12.7. The molecule has 1 spiro atoms. The molecule has 14 rings (SSSR count). The van der Waals surface area contributed by atoms with Gasteiger partial charge in [0.25, 0.3) is 0 Å². The summed E-state index contributed by atoms with van der Waals surface area (Å²) in [7, 11) is 0. The number of hydrogen-bond acceptors (Lipinski definition) is 2. The first-order chi connectivity index (χ1) is 31.8. The van der Waals surface area contributed by atoms with Crippen LogP contribution in [-0.4, -0.2) is 4.57 Å². The Morgan fingerprint density at radius 3 is 1.81 bits per heavy atom. The van der Waals surface area contributed by atoms with Crippen LogP contribution < -0.4 is 4.90 Å². The second kappa shape index (κ2) is 13.5. The predicted octanol–water partition coefficient (Wildman–Crippen LogP) is 16.6. The van der Waals surface area contributed by atoms with Crippen LogP contribution in [0.2, 0.25) is 0 Å². The molecule has 1 unspecified atom stereocenters. The Kier molecular flexibility index (Phi) is 7.51. The van der Waals surface area contributed by atoms with Gasteiger partial charge >= 0.3 is 0 Å². The molecule has 10 aromatic carbocycles. The summed E-state index contributed by atoms with van der Waals surface area (Å²) in [5.74, 6) is 0. The van der Waals surface area contributed by atoms with Crippen molar-refractivity contribution in [2.24, 2.45) is 0 Å². The minimum Gasteiger partial charge on any atom is -0.310 e. The van der Waals surface area contributed by atoms with Crippen molar-refractivity contribution in [1.82, 2.24) is 4.57 Å². The molecule has 64 heavy (non-hydrogen) atoms. The summed E-state index contributed by atoms with van der Waals surface area (Å²) < 4.78 is 3.72. The van der Waals surface area contributed by atoms with E-state index in [2.05, 4.69) is 240 Å². The van der Waals surface area contributed by atoms with Crippen LogP contribution in [0.5, 0.6) is 0 Å². The summed E-state index contributed by atoms with van der Waals surface area (Å²) in [6.45, 7) is 0. The maximum atomic E-state index is 2.52. The fraction of sp³-hybridized carbons (Fsp3) is 0.0164. The van der Waals surface area contributed by atoms with Crippen molar-refractivity contribution in [2.75, 3.05) is 4.90 Å². The maximum Gasteiger partial charge on any atom is 0.0741 e. The zero-order chi connectivity index (χ0) is 41.9. The first kappa shape index (κ1) is 35.6. The molecule has 2 aliphatic rings. The number of aromatic nitrogens is 1. The van der Waals surface area contributed by atoms with Crippen molar-refractivity contribution < 1.29 is 0 Å². The van der Waals surface area contributed by atoms with Crippen molar-refractivity contribution >= 4 is 71.1 Å². The van der Waals surface area contributed by atoms with E-state index in [1.54, 1.807) is 0 Å². The highest BCUT2D eigenvalue weighted by molar-refractivity contribution is 7.22. The van der Waals surface area contributed by atoms with Crippen molar-refractivity contribution in [3.63, 3.8) is 0 Å². The minimum absolute atomic E-state index is 0.535. The minimum atomic E-state index is -0.535. The number of para-hydroxylation sites is 3. The van der Waals surface area contributed by atoms with Crippen molar-refractivity contribution in [3.05, 3.63) is 253 Å². The highest BCUT2D eigenvalue weighted by Gasteiger charge is 2.53. The Balaban J connectivity index is 1.00. The van der Waals surface area contributed by atoms with Gasteiger partial charge in [-0.25, -0.2) is 0 Å². The first-order valence-electron chi connectivity index (χ1n) is 22.1. The van der Waals surface area contributed by atoms with E-state index >= 15 is 0 Å². The van der Waals surface area contributed by atoms with Gasteiger partial charge in [0, 0.05) is 42.8 Å². The summed E-state index contributed by atoms with van der Waals surface area (Å²) in [5.41, 5.74) is 18.3. The van der Waals surface area contributed by atoms with Crippen molar-refractivity contribution in [2.45, 2.75) is 5.41 Å². The number of nitrogens with zero attached hydrogens (tertiary/aromatic N) is 2. The lowest BCUT2D eigenvalue weighted by molar-refractivity contribution is 0.803. The standard InChI is InChI=1S/C61H38N2S/c1-2-17-42(18-3-1)62(55-27-14-16-40-15-4-5-19-45(40)55)44-34-36-50-54(38-44)61(59-51-23-9-13-28-58(51)64-60(50)59)52-24-10-6-20-46(52)47-35-31-41(37-53(47)61)39-29-32-43(33-30-39)63-56-25-11-7-21-48(56)49-22-8-12-26-57(49)63/h1-38H. The molecule has 1 atom stereocenters. The number of thiophene rings is 1. The Labute approximate surface area is 375 Å². The van der Waals surface area contributed by atoms with Crippen molar-refractivity contribution in [3.8, 4) is 38.4 Å². The molecule has 2 aromatic heterocycles. The van der Waals surface area contributed by atoms with Crippen LogP contribution in [0, 0.1) is 0 Å². The Bertz CT molecular complexity index is 3800. The number of benzene rings is 10. The molecule has 0 saturated heterocycles. The Hall–Kier alpha value is -7.98. The van der Waals surface area contributed by atoms with Crippen LogP contribution in [-0.2, 0) is 5.41 Å². The van der Waals surface area contributed by atoms with Gasteiger partial charge in [0.2, 0.25) is 0 Å². The molecule has 3 heteroatoms. The lowest BCUT2D eigenvalue weighted by Crippen LogP contribution is -2.26. The van der Waals surface area contributed by atoms with Gasteiger partial charge in [-0.05, 0) is 128 Å². The second-order valence-electron chi connectivity index (χ2n) is 17.2. The average Bonchev–Trinajstić information content (AvgIpc) is 4.08. The maximum absolute atomic E-state index is 2.52. The second-order valence-corrected chi connectivity index (χ2v) is 18.2. The van der Waals surface area contributed by atoms with Gasteiger partial charge in [-0.1, -0.05) is 164 Å². The fourth-order valence-electron chi connectivity index (χ4n) is 11.4. The van der Waals surface area contributed by atoms with E-state index in [0.29, 0.717) is 0 Å². The summed E-state index contributed by atoms with van der Waals surface area (Å²) in [4.78, 5) is 3.82. The van der Waals surface area contributed by atoms with Gasteiger partial charge in [-0.2, -0.15) is 0 Å². The number of fused-ring (bicyclic) bond motifs is 16. The van der Waals surface area contributed by atoms with E-state index in [1.807, 2.05) is 11.3 Å². The molecule has 0 N–H and O–H groups in total. The van der Waals surface area contributed by atoms with Crippen LogP contribution in [0.15, 0.2) is 231 Å². The molecule has 0 amide bonds. The zero-order valence-electron chi connectivity index (χ0n) is 34.7. The quantitative estimate of drug-likeness (QED) is 0.168. The summed E-state index contributed by atoms with van der Waals surface area (Å²) in [5, 5.41) is 6.32.